The number of hydrogen-bond donors (Lipinski definition) is 1. The lowest BCUT2D eigenvalue weighted by Gasteiger charge is -2.30. The Kier molecular flexibility index (Phi) is 4.96. The molecule has 1 saturated heterocycles. The Morgan fingerprint density at radius 1 is 1.37 bits per heavy atom. The molecule has 0 bridgehead atoms. The SMILES string of the molecule is NC1CCN(Cc2cc(Cl)ccc2OC(F)F)CC1. The largest absolute Gasteiger partial charge is 0.434 e. The summed E-state index contributed by atoms with van der Waals surface area (Å²) < 4.78 is 29.2. The molecule has 0 atom stereocenters. The molecule has 1 aromatic carbocycles. The second-order valence-electron chi connectivity index (χ2n) is 4.74. The molecule has 2 N–H and O–H groups in total. The van der Waals surface area contributed by atoms with Crippen LogP contribution in [0.1, 0.15) is 18.4 Å². The van der Waals surface area contributed by atoms with E-state index >= 15 is 0 Å². The third-order valence-corrected chi connectivity index (χ3v) is 3.50. The van der Waals surface area contributed by atoms with Crippen molar-refractivity contribution in [3.63, 3.8) is 0 Å². The third kappa shape index (κ3) is 4.30. The first-order chi connectivity index (χ1) is 9.04. The Morgan fingerprint density at radius 3 is 2.68 bits per heavy atom. The fourth-order valence-corrected chi connectivity index (χ4v) is 2.43. The predicted octanol–water partition coefficient (Wildman–Crippen LogP) is 2.86. The van der Waals surface area contributed by atoms with Crippen molar-refractivity contribution in [3.05, 3.63) is 28.8 Å². The van der Waals surface area contributed by atoms with E-state index in [2.05, 4.69) is 9.64 Å². The van der Waals surface area contributed by atoms with Crippen LogP contribution in [0.5, 0.6) is 5.75 Å². The number of piperidine rings is 1. The summed E-state index contributed by atoms with van der Waals surface area (Å²) in [5.41, 5.74) is 6.52. The molecule has 1 aliphatic rings. The first-order valence-corrected chi connectivity index (χ1v) is 6.63. The molecule has 1 aliphatic heterocycles. The van der Waals surface area contributed by atoms with Gasteiger partial charge in [0.25, 0.3) is 0 Å². The summed E-state index contributed by atoms with van der Waals surface area (Å²) in [7, 11) is 0. The summed E-state index contributed by atoms with van der Waals surface area (Å²) in [4.78, 5) is 2.17. The molecule has 0 saturated carbocycles. The normalized spacial score (nSPS) is 17.9. The lowest BCUT2D eigenvalue weighted by Crippen LogP contribution is -2.39. The minimum atomic E-state index is -2.82. The summed E-state index contributed by atoms with van der Waals surface area (Å²) in [5.74, 6) is 0.189. The van der Waals surface area contributed by atoms with E-state index in [0.717, 1.165) is 25.9 Å². The molecule has 3 nitrogen and oxygen atoms in total. The fourth-order valence-electron chi connectivity index (χ4n) is 2.23. The molecular weight excluding hydrogens is 274 g/mol. The fraction of sp³-hybridized carbons (Fsp3) is 0.538. The summed E-state index contributed by atoms with van der Waals surface area (Å²) in [5, 5.41) is 0.519. The van der Waals surface area contributed by atoms with Crippen LogP contribution in [-0.4, -0.2) is 30.6 Å². The van der Waals surface area contributed by atoms with Crippen LogP contribution in [0.3, 0.4) is 0 Å². The molecule has 1 fully saturated rings. The van der Waals surface area contributed by atoms with E-state index in [-0.39, 0.29) is 11.8 Å². The second-order valence-corrected chi connectivity index (χ2v) is 5.18. The van der Waals surface area contributed by atoms with E-state index < -0.39 is 6.61 Å². The molecular formula is C13H17ClF2N2O. The second kappa shape index (κ2) is 6.50. The van der Waals surface area contributed by atoms with E-state index in [1.165, 1.54) is 6.07 Å². The number of ether oxygens (including phenoxy) is 1. The number of halogens is 3. The summed E-state index contributed by atoms with van der Waals surface area (Å²) in [6.45, 7) is -0.548. The van der Waals surface area contributed by atoms with Gasteiger partial charge in [0.1, 0.15) is 5.75 Å². The number of rotatable bonds is 4. The molecule has 19 heavy (non-hydrogen) atoms. The van der Waals surface area contributed by atoms with Crippen LogP contribution >= 0.6 is 11.6 Å². The van der Waals surface area contributed by atoms with Crippen LogP contribution in [0.25, 0.3) is 0 Å². The van der Waals surface area contributed by atoms with Gasteiger partial charge < -0.3 is 10.5 Å². The highest BCUT2D eigenvalue weighted by Gasteiger charge is 2.18. The van der Waals surface area contributed by atoms with Crippen molar-refractivity contribution in [2.24, 2.45) is 5.73 Å². The number of benzene rings is 1. The maximum absolute atomic E-state index is 12.3. The highest BCUT2D eigenvalue weighted by atomic mass is 35.5. The molecule has 0 aliphatic carbocycles. The summed E-state index contributed by atoms with van der Waals surface area (Å²) >= 11 is 5.91. The number of nitrogens with zero attached hydrogens (tertiary/aromatic N) is 1. The Labute approximate surface area is 116 Å². The summed E-state index contributed by atoms with van der Waals surface area (Å²) in [6.07, 6.45) is 1.84. The number of likely N-dealkylation sites (tertiary alicyclic amines) is 1. The lowest BCUT2D eigenvalue weighted by atomic mass is 10.1. The number of nitrogens with two attached hydrogens (primary N) is 1. The Hall–Kier alpha value is -0.910. The van der Waals surface area contributed by atoms with Gasteiger partial charge in [0.05, 0.1) is 0 Å². The standard InChI is InChI=1S/C13H17ClF2N2O/c14-10-1-2-12(19-13(15)16)9(7-10)8-18-5-3-11(17)4-6-18/h1-2,7,11,13H,3-6,8,17H2. The topological polar surface area (TPSA) is 38.5 Å². The molecule has 0 amide bonds. The van der Waals surface area contributed by atoms with Gasteiger partial charge in [0, 0.05) is 23.2 Å². The van der Waals surface area contributed by atoms with Crippen molar-refractivity contribution in [2.45, 2.75) is 32.0 Å². The van der Waals surface area contributed by atoms with Gasteiger partial charge in [0.2, 0.25) is 0 Å². The van der Waals surface area contributed by atoms with Gasteiger partial charge in [-0.05, 0) is 44.1 Å². The van der Waals surface area contributed by atoms with E-state index in [1.807, 2.05) is 0 Å². The number of hydrogen-bond acceptors (Lipinski definition) is 3. The minimum absolute atomic E-state index is 0.189. The molecule has 2 rings (SSSR count). The molecule has 106 valence electrons. The quantitative estimate of drug-likeness (QED) is 0.927. The van der Waals surface area contributed by atoms with Gasteiger partial charge in [0.15, 0.2) is 0 Å². The van der Waals surface area contributed by atoms with Crippen molar-refractivity contribution < 1.29 is 13.5 Å². The van der Waals surface area contributed by atoms with Gasteiger partial charge in [-0.1, -0.05) is 11.6 Å². The first kappa shape index (κ1) is 14.5. The molecule has 1 aromatic rings. The number of alkyl halides is 2. The first-order valence-electron chi connectivity index (χ1n) is 6.26. The van der Waals surface area contributed by atoms with Crippen molar-refractivity contribution >= 4 is 11.6 Å². The van der Waals surface area contributed by atoms with Gasteiger partial charge in [-0.25, -0.2) is 0 Å². The van der Waals surface area contributed by atoms with Gasteiger partial charge in [-0.3, -0.25) is 4.90 Å². The third-order valence-electron chi connectivity index (χ3n) is 3.26. The average Bonchev–Trinajstić information content (AvgIpc) is 2.35. The zero-order valence-corrected chi connectivity index (χ0v) is 11.2. The van der Waals surface area contributed by atoms with Crippen molar-refractivity contribution in [3.8, 4) is 5.75 Å². The lowest BCUT2D eigenvalue weighted by molar-refractivity contribution is -0.0508. The Morgan fingerprint density at radius 2 is 2.05 bits per heavy atom. The van der Waals surface area contributed by atoms with Crippen LogP contribution in [-0.2, 0) is 6.54 Å². The predicted molar refractivity (Wildman–Crippen MR) is 70.6 cm³/mol. The zero-order chi connectivity index (χ0) is 13.8. The van der Waals surface area contributed by atoms with Gasteiger partial charge in [-0.2, -0.15) is 8.78 Å². The molecule has 0 aromatic heterocycles. The van der Waals surface area contributed by atoms with Crippen LogP contribution in [0.4, 0.5) is 8.78 Å². The van der Waals surface area contributed by atoms with E-state index in [9.17, 15) is 8.78 Å². The van der Waals surface area contributed by atoms with Crippen molar-refractivity contribution in [1.29, 1.82) is 0 Å². The van der Waals surface area contributed by atoms with Crippen LogP contribution < -0.4 is 10.5 Å². The summed E-state index contributed by atoms with van der Waals surface area (Å²) in [6, 6.07) is 4.95. The average molecular weight is 291 g/mol. The maximum Gasteiger partial charge on any atom is 0.387 e. The van der Waals surface area contributed by atoms with Crippen LogP contribution in [0.2, 0.25) is 5.02 Å². The molecule has 1 heterocycles. The molecule has 0 spiro atoms. The van der Waals surface area contributed by atoms with E-state index in [1.54, 1.807) is 12.1 Å². The highest BCUT2D eigenvalue weighted by Crippen LogP contribution is 2.26. The smallest absolute Gasteiger partial charge is 0.387 e. The van der Waals surface area contributed by atoms with E-state index in [0.29, 0.717) is 17.1 Å². The van der Waals surface area contributed by atoms with Crippen LogP contribution in [0.15, 0.2) is 18.2 Å². The Balaban J connectivity index is 2.07. The van der Waals surface area contributed by atoms with Gasteiger partial charge in [-0.15, -0.1) is 0 Å². The maximum atomic E-state index is 12.3. The van der Waals surface area contributed by atoms with Crippen LogP contribution in [0, 0.1) is 0 Å². The van der Waals surface area contributed by atoms with Crippen molar-refractivity contribution in [2.75, 3.05) is 13.1 Å². The van der Waals surface area contributed by atoms with E-state index in [4.69, 9.17) is 17.3 Å². The molecule has 6 heteroatoms. The minimum Gasteiger partial charge on any atom is -0.434 e. The molecule has 0 radical (unpaired) electrons. The van der Waals surface area contributed by atoms with Crippen molar-refractivity contribution in [1.82, 2.24) is 4.90 Å². The Bertz CT molecular complexity index is 423. The zero-order valence-electron chi connectivity index (χ0n) is 10.5. The van der Waals surface area contributed by atoms with Gasteiger partial charge >= 0.3 is 6.61 Å². The highest BCUT2D eigenvalue weighted by molar-refractivity contribution is 6.30. The molecule has 0 unspecified atom stereocenters. The monoisotopic (exact) mass is 290 g/mol.